The van der Waals surface area contributed by atoms with E-state index in [4.69, 9.17) is 18.9 Å². The van der Waals surface area contributed by atoms with Gasteiger partial charge in [0.2, 0.25) is 0 Å². The Morgan fingerprint density at radius 3 is 2.26 bits per heavy atom. The number of carbonyl (C=O) groups excluding carboxylic acids is 3. The van der Waals surface area contributed by atoms with E-state index in [0.29, 0.717) is 11.5 Å². The number of para-hydroxylation sites is 2. The van der Waals surface area contributed by atoms with Crippen LogP contribution in [-0.4, -0.2) is 45.1 Å². The molecule has 0 fully saturated rings. The van der Waals surface area contributed by atoms with Crippen LogP contribution in [-0.2, 0) is 9.53 Å². The summed E-state index contributed by atoms with van der Waals surface area (Å²) in [6, 6.07) is 16.4. The third-order valence-electron chi connectivity index (χ3n) is 4.65. The van der Waals surface area contributed by atoms with Gasteiger partial charge in [-0.15, -0.1) is 0 Å². The first-order chi connectivity index (χ1) is 16.4. The quantitative estimate of drug-likeness (QED) is 0.357. The van der Waals surface area contributed by atoms with E-state index in [9.17, 15) is 18.8 Å². The van der Waals surface area contributed by atoms with Crippen LogP contribution in [0.5, 0.6) is 17.2 Å². The number of benzene rings is 3. The van der Waals surface area contributed by atoms with Gasteiger partial charge in [0.15, 0.2) is 30.5 Å². The maximum atomic E-state index is 13.7. The summed E-state index contributed by atoms with van der Waals surface area (Å²) in [6.45, 7) is -0.986. The number of anilines is 1. The molecule has 0 radical (unpaired) electrons. The van der Waals surface area contributed by atoms with Gasteiger partial charge >= 0.3 is 5.97 Å². The maximum absolute atomic E-state index is 13.7. The third kappa shape index (κ3) is 6.10. The predicted octanol–water partition coefficient (Wildman–Crippen LogP) is 3.90. The van der Waals surface area contributed by atoms with Crippen LogP contribution in [0.25, 0.3) is 0 Å². The van der Waals surface area contributed by atoms with Crippen molar-refractivity contribution in [3.05, 3.63) is 83.7 Å². The summed E-state index contributed by atoms with van der Waals surface area (Å²) in [4.78, 5) is 37.1. The molecule has 9 heteroatoms. The van der Waals surface area contributed by atoms with Gasteiger partial charge in [-0.25, -0.2) is 9.18 Å². The van der Waals surface area contributed by atoms with Crippen molar-refractivity contribution >= 4 is 23.3 Å². The van der Waals surface area contributed by atoms with Gasteiger partial charge in [-0.2, -0.15) is 0 Å². The lowest BCUT2D eigenvalue weighted by Gasteiger charge is -2.12. The Morgan fingerprint density at radius 2 is 1.53 bits per heavy atom. The zero-order chi connectivity index (χ0) is 24.5. The second-order valence-electron chi connectivity index (χ2n) is 6.88. The first-order valence-electron chi connectivity index (χ1n) is 10.1. The Hall–Kier alpha value is -4.40. The van der Waals surface area contributed by atoms with Crippen LogP contribution in [0.2, 0.25) is 0 Å². The number of ether oxygens (including phenoxy) is 4. The summed E-state index contributed by atoms with van der Waals surface area (Å²) in [6.07, 6.45) is 0. The molecule has 8 nitrogen and oxygen atoms in total. The number of hydrogen-bond donors (Lipinski definition) is 1. The number of halogens is 1. The summed E-state index contributed by atoms with van der Waals surface area (Å²) in [5.41, 5.74) is 0.318. The van der Waals surface area contributed by atoms with Crippen LogP contribution in [0.1, 0.15) is 20.7 Å². The van der Waals surface area contributed by atoms with Crippen molar-refractivity contribution in [2.45, 2.75) is 0 Å². The Labute approximate surface area is 195 Å². The van der Waals surface area contributed by atoms with Crippen LogP contribution in [0.4, 0.5) is 10.1 Å². The highest BCUT2D eigenvalue weighted by Gasteiger charge is 2.18. The van der Waals surface area contributed by atoms with Gasteiger partial charge in [0.25, 0.3) is 5.91 Å². The second kappa shape index (κ2) is 11.5. The normalized spacial score (nSPS) is 10.2. The van der Waals surface area contributed by atoms with E-state index in [2.05, 4.69) is 5.32 Å². The molecule has 0 saturated carbocycles. The molecule has 3 aromatic rings. The minimum Gasteiger partial charge on any atom is -0.493 e. The zero-order valence-electron chi connectivity index (χ0n) is 18.5. The van der Waals surface area contributed by atoms with Gasteiger partial charge in [0, 0.05) is 5.56 Å². The van der Waals surface area contributed by atoms with Gasteiger partial charge in [0.1, 0.15) is 17.1 Å². The average Bonchev–Trinajstić information content (AvgIpc) is 2.86. The molecule has 0 aromatic heterocycles. The summed E-state index contributed by atoms with van der Waals surface area (Å²) in [5.74, 6) is -1.55. The lowest BCUT2D eigenvalue weighted by atomic mass is 10.1. The molecule has 0 unspecified atom stereocenters. The molecule has 0 atom stereocenters. The third-order valence-corrected chi connectivity index (χ3v) is 4.65. The fourth-order valence-electron chi connectivity index (χ4n) is 2.96. The number of amides is 1. The molecule has 0 aliphatic carbocycles. The van der Waals surface area contributed by atoms with Gasteiger partial charge in [-0.1, -0.05) is 24.3 Å². The largest absolute Gasteiger partial charge is 0.493 e. The number of rotatable bonds is 10. The lowest BCUT2D eigenvalue weighted by Crippen LogP contribution is -2.22. The number of nitrogens with one attached hydrogen (secondary N) is 1. The van der Waals surface area contributed by atoms with Crippen LogP contribution in [0.15, 0.2) is 66.7 Å². The molecule has 0 bridgehead atoms. The van der Waals surface area contributed by atoms with Crippen molar-refractivity contribution in [3.63, 3.8) is 0 Å². The lowest BCUT2D eigenvalue weighted by molar-refractivity contribution is -0.118. The molecule has 1 amide bonds. The molecule has 3 aromatic carbocycles. The van der Waals surface area contributed by atoms with Gasteiger partial charge < -0.3 is 24.3 Å². The average molecular weight is 467 g/mol. The summed E-state index contributed by atoms with van der Waals surface area (Å²) in [7, 11) is 2.92. The molecule has 1 N–H and O–H groups in total. The van der Waals surface area contributed by atoms with Crippen molar-refractivity contribution in [3.8, 4) is 17.2 Å². The van der Waals surface area contributed by atoms with Crippen molar-refractivity contribution in [1.29, 1.82) is 0 Å². The van der Waals surface area contributed by atoms with E-state index in [1.807, 2.05) is 0 Å². The number of methoxy groups -OCH3 is 2. The summed E-state index contributed by atoms with van der Waals surface area (Å²) < 4.78 is 34.6. The number of ketones is 1. The molecule has 0 aliphatic rings. The highest BCUT2D eigenvalue weighted by molar-refractivity contribution is 6.00. The molecule has 3 rings (SSSR count). The van der Waals surface area contributed by atoms with Gasteiger partial charge in [0.05, 0.1) is 19.9 Å². The second-order valence-corrected chi connectivity index (χ2v) is 6.88. The number of hydrogen-bond acceptors (Lipinski definition) is 7. The van der Waals surface area contributed by atoms with E-state index in [1.54, 1.807) is 24.3 Å². The monoisotopic (exact) mass is 467 g/mol. The van der Waals surface area contributed by atoms with E-state index in [0.717, 1.165) is 0 Å². The molecule has 0 spiro atoms. The van der Waals surface area contributed by atoms with E-state index >= 15 is 0 Å². The molecule has 0 aliphatic heterocycles. The molecule has 34 heavy (non-hydrogen) atoms. The highest BCUT2D eigenvalue weighted by Crippen LogP contribution is 2.28. The number of carbonyl (C=O) groups is 3. The molecular weight excluding hydrogens is 445 g/mol. The zero-order valence-corrected chi connectivity index (χ0v) is 18.5. The van der Waals surface area contributed by atoms with Crippen molar-refractivity contribution < 1.29 is 37.7 Å². The van der Waals surface area contributed by atoms with Gasteiger partial charge in [-0.05, 0) is 42.5 Å². The Balaban J connectivity index is 1.60. The first-order valence-corrected chi connectivity index (χ1v) is 10.1. The Bertz CT molecular complexity index is 1200. The topological polar surface area (TPSA) is 100 Å². The Morgan fingerprint density at radius 1 is 0.824 bits per heavy atom. The summed E-state index contributed by atoms with van der Waals surface area (Å²) in [5, 5.41) is 2.39. The maximum Gasteiger partial charge on any atom is 0.342 e. The standard InChI is InChI=1S/C25H22FNO7/c1-31-22-12-11-16(13-23(22)32-2)20(28)14-34-25(30)17-7-3-6-10-21(17)33-15-24(29)27-19-9-5-4-8-18(19)26/h3-13H,14-15H2,1-2H3,(H,27,29). The summed E-state index contributed by atoms with van der Waals surface area (Å²) >= 11 is 0. The van der Waals surface area contributed by atoms with Crippen molar-refractivity contribution in [1.82, 2.24) is 0 Å². The van der Waals surface area contributed by atoms with Crippen LogP contribution in [0.3, 0.4) is 0 Å². The fourth-order valence-corrected chi connectivity index (χ4v) is 2.96. The van der Waals surface area contributed by atoms with E-state index in [1.165, 1.54) is 56.7 Å². The molecule has 0 saturated heterocycles. The Kier molecular flexibility index (Phi) is 8.17. The fraction of sp³-hybridized carbons (Fsp3) is 0.160. The molecule has 0 heterocycles. The van der Waals surface area contributed by atoms with Crippen LogP contribution < -0.4 is 19.5 Å². The first kappa shape index (κ1) is 24.2. The number of Topliss-reactive ketones (excluding diaryl/α,β-unsaturated/α-hetero) is 1. The highest BCUT2D eigenvalue weighted by atomic mass is 19.1. The van der Waals surface area contributed by atoms with Crippen LogP contribution >= 0.6 is 0 Å². The molecular formula is C25H22FNO7. The minimum atomic E-state index is -0.807. The van der Waals surface area contributed by atoms with E-state index in [-0.39, 0.29) is 22.6 Å². The van der Waals surface area contributed by atoms with Gasteiger partial charge in [-0.3, -0.25) is 9.59 Å². The van der Waals surface area contributed by atoms with Crippen LogP contribution in [0, 0.1) is 5.82 Å². The number of esters is 1. The molecule has 176 valence electrons. The SMILES string of the molecule is COc1ccc(C(=O)COC(=O)c2ccccc2OCC(=O)Nc2ccccc2F)cc1OC. The predicted molar refractivity (Wildman–Crippen MR) is 121 cm³/mol. The van der Waals surface area contributed by atoms with Crippen molar-refractivity contribution in [2.75, 3.05) is 32.8 Å². The van der Waals surface area contributed by atoms with Crippen molar-refractivity contribution in [2.24, 2.45) is 0 Å². The minimum absolute atomic E-state index is 0.0115. The smallest absolute Gasteiger partial charge is 0.342 e. The van der Waals surface area contributed by atoms with E-state index < -0.39 is 36.7 Å².